The van der Waals surface area contributed by atoms with E-state index in [-0.39, 0.29) is 29.3 Å². The summed E-state index contributed by atoms with van der Waals surface area (Å²) in [6, 6.07) is 6.00. The standard InChI is InChI=1S/C15H16FN5O/c16-11-3-1-2-10(8-11)12-9-18-6-7-21(12)15(22)13-14(17)20-5-4-19-13/h1-5,8,12,18H,6-7,9H2,(H2,17,20). The van der Waals surface area contributed by atoms with Gasteiger partial charge in [0.15, 0.2) is 11.5 Å². The minimum absolute atomic E-state index is 0.101. The predicted molar refractivity (Wildman–Crippen MR) is 79.5 cm³/mol. The molecule has 7 heteroatoms. The van der Waals surface area contributed by atoms with Crippen molar-refractivity contribution in [1.82, 2.24) is 20.2 Å². The monoisotopic (exact) mass is 301 g/mol. The van der Waals surface area contributed by atoms with Crippen molar-refractivity contribution in [2.45, 2.75) is 6.04 Å². The average Bonchev–Trinajstić information content (AvgIpc) is 2.55. The van der Waals surface area contributed by atoms with Crippen LogP contribution in [-0.4, -0.2) is 40.4 Å². The fourth-order valence-corrected chi connectivity index (χ4v) is 2.61. The van der Waals surface area contributed by atoms with E-state index in [9.17, 15) is 9.18 Å². The number of piperazine rings is 1. The van der Waals surface area contributed by atoms with Gasteiger partial charge in [0, 0.05) is 32.0 Å². The SMILES string of the molecule is Nc1nccnc1C(=O)N1CCNCC1c1cccc(F)c1. The van der Waals surface area contributed by atoms with Gasteiger partial charge in [0.1, 0.15) is 5.82 Å². The van der Waals surface area contributed by atoms with Gasteiger partial charge >= 0.3 is 0 Å². The maximum absolute atomic E-state index is 13.5. The largest absolute Gasteiger partial charge is 0.382 e. The van der Waals surface area contributed by atoms with Gasteiger partial charge in [-0.25, -0.2) is 14.4 Å². The minimum Gasteiger partial charge on any atom is -0.382 e. The van der Waals surface area contributed by atoms with Gasteiger partial charge in [-0.3, -0.25) is 4.79 Å². The summed E-state index contributed by atoms with van der Waals surface area (Å²) in [5.74, 6) is -0.514. The van der Waals surface area contributed by atoms with Gasteiger partial charge in [-0.15, -0.1) is 0 Å². The lowest BCUT2D eigenvalue weighted by molar-refractivity contribution is 0.0628. The summed E-state index contributed by atoms with van der Waals surface area (Å²) in [4.78, 5) is 22.3. The lowest BCUT2D eigenvalue weighted by Crippen LogP contribution is -2.49. The molecule has 1 aliphatic heterocycles. The van der Waals surface area contributed by atoms with E-state index in [1.807, 2.05) is 0 Å². The van der Waals surface area contributed by atoms with Crippen LogP contribution in [0.15, 0.2) is 36.7 Å². The number of rotatable bonds is 2. The number of aromatic nitrogens is 2. The molecule has 1 saturated heterocycles. The van der Waals surface area contributed by atoms with Gasteiger partial charge in [0.25, 0.3) is 5.91 Å². The molecule has 1 atom stereocenters. The second-order valence-electron chi connectivity index (χ2n) is 5.06. The van der Waals surface area contributed by atoms with Gasteiger partial charge in [-0.1, -0.05) is 12.1 Å². The Kier molecular flexibility index (Phi) is 3.97. The Bertz CT molecular complexity index is 693. The smallest absolute Gasteiger partial charge is 0.276 e. The quantitative estimate of drug-likeness (QED) is 0.864. The van der Waals surface area contributed by atoms with Crippen molar-refractivity contribution in [3.63, 3.8) is 0 Å². The van der Waals surface area contributed by atoms with E-state index in [4.69, 9.17) is 5.73 Å². The van der Waals surface area contributed by atoms with Gasteiger partial charge in [-0.2, -0.15) is 0 Å². The Balaban J connectivity index is 1.93. The average molecular weight is 301 g/mol. The highest BCUT2D eigenvalue weighted by Gasteiger charge is 2.30. The number of nitrogen functional groups attached to an aromatic ring is 1. The number of hydrogen-bond acceptors (Lipinski definition) is 5. The number of hydrogen-bond donors (Lipinski definition) is 2. The first-order valence-corrected chi connectivity index (χ1v) is 7.00. The van der Waals surface area contributed by atoms with E-state index in [0.717, 1.165) is 5.56 Å². The molecule has 0 bridgehead atoms. The molecule has 1 fully saturated rings. The molecule has 6 nitrogen and oxygen atoms in total. The molecular formula is C15H16FN5O. The maximum Gasteiger partial charge on any atom is 0.276 e. The first-order valence-electron chi connectivity index (χ1n) is 7.00. The van der Waals surface area contributed by atoms with E-state index in [1.165, 1.54) is 24.5 Å². The molecule has 22 heavy (non-hydrogen) atoms. The van der Waals surface area contributed by atoms with Crippen LogP contribution in [-0.2, 0) is 0 Å². The second kappa shape index (κ2) is 6.07. The minimum atomic E-state index is -0.325. The summed E-state index contributed by atoms with van der Waals surface area (Å²) in [7, 11) is 0. The number of nitrogens with zero attached hydrogens (tertiary/aromatic N) is 3. The molecule has 3 N–H and O–H groups in total. The van der Waals surface area contributed by atoms with Crippen molar-refractivity contribution in [2.75, 3.05) is 25.4 Å². The van der Waals surface area contributed by atoms with Crippen LogP contribution in [0.2, 0.25) is 0 Å². The van der Waals surface area contributed by atoms with Crippen LogP contribution in [0.3, 0.4) is 0 Å². The van der Waals surface area contributed by atoms with Gasteiger partial charge in [0.2, 0.25) is 0 Å². The first kappa shape index (κ1) is 14.4. The first-order chi connectivity index (χ1) is 10.7. The Hall–Kier alpha value is -2.54. The number of benzene rings is 1. The third-order valence-corrected chi connectivity index (χ3v) is 3.67. The molecule has 0 spiro atoms. The number of nitrogens with one attached hydrogen (secondary N) is 1. The van der Waals surface area contributed by atoms with Crippen LogP contribution >= 0.6 is 0 Å². The van der Waals surface area contributed by atoms with Crippen LogP contribution in [0.1, 0.15) is 22.1 Å². The summed E-state index contributed by atoms with van der Waals surface area (Å²) >= 11 is 0. The van der Waals surface area contributed by atoms with E-state index in [1.54, 1.807) is 17.0 Å². The Morgan fingerprint density at radius 3 is 2.95 bits per heavy atom. The van der Waals surface area contributed by atoms with E-state index < -0.39 is 0 Å². The molecule has 3 rings (SSSR count). The molecule has 1 amide bonds. The number of anilines is 1. The topological polar surface area (TPSA) is 84.1 Å². The van der Waals surface area contributed by atoms with Crippen molar-refractivity contribution in [3.8, 4) is 0 Å². The summed E-state index contributed by atoms with van der Waals surface area (Å²) < 4.78 is 13.5. The van der Waals surface area contributed by atoms with Gasteiger partial charge < -0.3 is 16.0 Å². The number of nitrogens with two attached hydrogens (primary N) is 1. The Morgan fingerprint density at radius 1 is 1.36 bits per heavy atom. The molecule has 1 aromatic heterocycles. The Labute approximate surface area is 127 Å². The van der Waals surface area contributed by atoms with Crippen molar-refractivity contribution in [1.29, 1.82) is 0 Å². The van der Waals surface area contributed by atoms with E-state index in [2.05, 4.69) is 15.3 Å². The molecular weight excluding hydrogens is 285 g/mol. The third-order valence-electron chi connectivity index (χ3n) is 3.67. The van der Waals surface area contributed by atoms with Crippen molar-refractivity contribution >= 4 is 11.7 Å². The van der Waals surface area contributed by atoms with Crippen molar-refractivity contribution < 1.29 is 9.18 Å². The molecule has 114 valence electrons. The fourth-order valence-electron chi connectivity index (χ4n) is 2.61. The molecule has 2 aromatic rings. The summed E-state index contributed by atoms with van der Waals surface area (Å²) in [6.45, 7) is 1.71. The van der Waals surface area contributed by atoms with Crippen LogP contribution < -0.4 is 11.1 Å². The molecule has 0 aliphatic carbocycles. The van der Waals surface area contributed by atoms with Crippen LogP contribution in [0.4, 0.5) is 10.2 Å². The van der Waals surface area contributed by atoms with Crippen LogP contribution in [0, 0.1) is 5.82 Å². The zero-order valence-electron chi connectivity index (χ0n) is 11.9. The van der Waals surface area contributed by atoms with E-state index >= 15 is 0 Å². The van der Waals surface area contributed by atoms with Crippen LogP contribution in [0.25, 0.3) is 0 Å². The van der Waals surface area contributed by atoms with Gasteiger partial charge in [0.05, 0.1) is 6.04 Å². The number of carbonyl (C=O) groups is 1. The number of halogens is 1. The van der Waals surface area contributed by atoms with E-state index in [0.29, 0.717) is 19.6 Å². The maximum atomic E-state index is 13.5. The van der Waals surface area contributed by atoms with Crippen LogP contribution in [0.5, 0.6) is 0 Å². The molecule has 1 unspecified atom stereocenters. The molecule has 1 aromatic carbocycles. The third kappa shape index (κ3) is 2.75. The lowest BCUT2D eigenvalue weighted by atomic mass is 10.0. The predicted octanol–water partition coefficient (Wildman–Crippen LogP) is 0.985. The molecule has 2 heterocycles. The Morgan fingerprint density at radius 2 is 2.18 bits per heavy atom. The molecule has 1 aliphatic rings. The molecule has 0 saturated carbocycles. The summed E-state index contributed by atoms with van der Waals surface area (Å²) in [5.41, 5.74) is 6.61. The normalized spacial score (nSPS) is 18.2. The van der Waals surface area contributed by atoms with Crippen molar-refractivity contribution in [2.24, 2.45) is 0 Å². The summed E-state index contributed by atoms with van der Waals surface area (Å²) in [5, 5.41) is 3.22. The fraction of sp³-hybridized carbons (Fsp3) is 0.267. The summed E-state index contributed by atoms with van der Waals surface area (Å²) in [6.07, 6.45) is 2.87. The number of carbonyl (C=O) groups excluding carboxylic acids is 1. The second-order valence-corrected chi connectivity index (χ2v) is 5.06. The number of amides is 1. The highest BCUT2D eigenvalue weighted by atomic mass is 19.1. The zero-order chi connectivity index (χ0) is 15.5. The lowest BCUT2D eigenvalue weighted by Gasteiger charge is -2.36. The highest BCUT2D eigenvalue weighted by molar-refractivity contribution is 5.96. The zero-order valence-corrected chi connectivity index (χ0v) is 11.9. The highest BCUT2D eigenvalue weighted by Crippen LogP contribution is 2.25. The molecule has 0 radical (unpaired) electrons. The van der Waals surface area contributed by atoms with Crippen molar-refractivity contribution in [3.05, 3.63) is 53.7 Å². The van der Waals surface area contributed by atoms with Gasteiger partial charge in [-0.05, 0) is 17.7 Å².